The van der Waals surface area contributed by atoms with Gasteiger partial charge in [-0.2, -0.15) is 0 Å². The normalized spacial score (nSPS) is 17.0. The van der Waals surface area contributed by atoms with E-state index >= 15 is 0 Å². The van der Waals surface area contributed by atoms with E-state index in [0.717, 1.165) is 0 Å². The van der Waals surface area contributed by atoms with E-state index in [-0.39, 0.29) is 12.1 Å². The highest BCUT2D eigenvalue weighted by Gasteiger charge is 2.34. The van der Waals surface area contributed by atoms with E-state index in [2.05, 4.69) is 4.72 Å². The number of hydrogen-bond donors (Lipinski definition) is 2. The Morgan fingerprint density at radius 1 is 1.33 bits per heavy atom. The highest BCUT2D eigenvalue weighted by atomic mass is 32.2. The van der Waals surface area contributed by atoms with E-state index in [4.69, 9.17) is 5.73 Å². The van der Waals surface area contributed by atoms with Gasteiger partial charge in [-0.3, -0.25) is 0 Å². The first-order valence-corrected chi connectivity index (χ1v) is 8.89. The Labute approximate surface area is 127 Å². The second-order valence-corrected chi connectivity index (χ2v) is 7.68. The van der Waals surface area contributed by atoms with Crippen LogP contribution in [0.4, 0.5) is 5.69 Å². The van der Waals surface area contributed by atoms with Crippen molar-refractivity contribution in [2.24, 2.45) is 11.7 Å². The summed E-state index contributed by atoms with van der Waals surface area (Å²) in [5, 5.41) is 0. The molecule has 1 saturated carbocycles. The van der Waals surface area contributed by atoms with Crippen LogP contribution >= 0.6 is 0 Å². The van der Waals surface area contributed by atoms with Gasteiger partial charge in [-0.15, -0.1) is 0 Å². The summed E-state index contributed by atoms with van der Waals surface area (Å²) < 4.78 is 27.6. The number of nitrogens with one attached hydrogen (secondary N) is 1. The third-order valence-corrected chi connectivity index (χ3v) is 5.54. The number of benzene rings is 1. The zero-order chi connectivity index (χ0) is 15.6. The molecule has 3 N–H and O–H groups in total. The number of para-hydroxylation sites is 1. The minimum atomic E-state index is -3.51. The predicted molar refractivity (Wildman–Crippen MR) is 85.9 cm³/mol. The van der Waals surface area contributed by atoms with E-state index in [1.165, 1.54) is 12.8 Å². The number of hydrogen-bond acceptors (Lipinski definition) is 4. The molecule has 6 heteroatoms. The van der Waals surface area contributed by atoms with Crippen LogP contribution in [0.25, 0.3) is 0 Å². The van der Waals surface area contributed by atoms with Crippen molar-refractivity contribution in [2.75, 3.05) is 18.5 Å². The first kappa shape index (κ1) is 16.3. The summed E-state index contributed by atoms with van der Waals surface area (Å²) in [5.74, 6) is 0.578. The van der Waals surface area contributed by atoms with E-state index in [1.807, 2.05) is 37.9 Å². The molecule has 0 radical (unpaired) electrons. The predicted octanol–water partition coefficient (Wildman–Crippen LogP) is 1.55. The van der Waals surface area contributed by atoms with E-state index in [1.54, 1.807) is 12.1 Å². The summed E-state index contributed by atoms with van der Waals surface area (Å²) in [7, 11) is -1.58. The molecule has 0 amide bonds. The summed E-state index contributed by atoms with van der Waals surface area (Å²) in [6.45, 7) is 4.17. The Morgan fingerprint density at radius 2 is 1.95 bits per heavy atom. The maximum absolute atomic E-state index is 12.5. The number of likely N-dealkylation sites (N-methyl/N-ethyl adjacent to an activating group) is 1. The van der Waals surface area contributed by atoms with Crippen molar-refractivity contribution in [3.63, 3.8) is 0 Å². The average Bonchev–Trinajstić information content (AvgIpc) is 3.22. The Hall–Kier alpha value is -1.11. The highest BCUT2D eigenvalue weighted by Crippen LogP contribution is 2.37. The summed E-state index contributed by atoms with van der Waals surface area (Å²) in [6.07, 6.45) is 2.34. The van der Waals surface area contributed by atoms with Crippen molar-refractivity contribution in [1.29, 1.82) is 0 Å². The lowest BCUT2D eigenvalue weighted by Crippen LogP contribution is -2.41. The molecular weight excluding hydrogens is 286 g/mol. The zero-order valence-corrected chi connectivity index (χ0v) is 13.7. The van der Waals surface area contributed by atoms with Crippen LogP contribution in [0.2, 0.25) is 0 Å². The van der Waals surface area contributed by atoms with Gasteiger partial charge in [0, 0.05) is 25.7 Å². The molecule has 1 fully saturated rings. The second kappa shape index (κ2) is 6.34. The number of nitrogens with two attached hydrogens (primary N) is 1. The van der Waals surface area contributed by atoms with Gasteiger partial charge in [0.25, 0.3) is 0 Å². The molecule has 2 rings (SSSR count). The number of rotatable bonds is 7. The lowest BCUT2D eigenvalue weighted by molar-refractivity contribution is 0.557. The third-order valence-electron chi connectivity index (χ3n) is 3.83. The van der Waals surface area contributed by atoms with Crippen LogP contribution in [0.15, 0.2) is 29.2 Å². The SMILES string of the molecule is CC(C)NS(=O)(=O)c1ccccc1N(C)C(CN)C1CC1. The molecule has 0 saturated heterocycles. The van der Waals surface area contributed by atoms with Crippen molar-refractivity contribution in [3.8, 4) is 0 Å². The minimum Gasteiger partial charge on any atom is -0.369 e. The molecule has 1 aromatic carbocycles. The summed E-state index contributed by atoms with van der Waals surface area (Å²) in [4.78, 5) is 2.34. The third kappa shape index (κ3) is 3.75. The summed E-state index contributed by atoms with van der Waals surface area (Å²) in [5.41, 5.74) is 6.60. The monoisotopic (exact) mass is 311 g/mol. The Morgan fingerprint density at radius 3 is 2.48 bits per heavy atom. The van der Waals surface area contributed by atoms with E-state index in [0.29, 0.717) is 23.0 Å². The zero-order valence-electron chi connectivity index (χ0n) is 12.9. The molecule has 1 aliphatic carbocycles. The summed E-state index contributed by atoms with van der Waals surface area (Å²) >= 11 is 0. The molecular formula is C15H25N3O2S. The van der Waals surface area contributed by atoms with Gasteiger partial charge in [0.1, 0.15) is 4.90 Å². The number of anilines is 1. The fourth-order valence-electron chi connectivity index (χ4n) is 2.68. The molecule has 0 bridgehead atoms. The van der Waals surface area contributed by atoms with Crippen LogP contribution in [-0.2, 0) is 10.0 Å². The number of nitrogens with zero attached hydrogens (tertiary/aromatic N) is 1. The number of sulfonamides is 1. The Bertz CT molecular complexity index is 582. The smallest absolute Gasteiger partial charge is 0.242 e. The Kier molecular flexibility index (Phi) is 4.91. The van der Waals surface area contributed by atoms with Crippen LogP contribution in [0, 0.1) is 5.92 Å². The van der Waals surface area contributed by atoms with Gasteiger partial charge in [-0.1, -0.05) is 12.1 Å². The molecule has 1 unspecified atom stereocenters. The van der Waals surface area contributed by atoms with Crippen molar-refractivity contribution in [2.45, 2.75) is 43.7 Å². The first-order chi connectivity index (χ1) is 9.86. The van der Waals surface area contributed by atoms with Gasteiger partial charge >= 0.3 is 0 Å². The highest BCUT2D eigenvalue weighted by molar-refractivity contribution is 7.89. The minimum absolute atomic E-state index is 0.137. The molecule has 1 aliphatic rings. The van der Waals surface area contributed by atoms with Crippen LogP contribution in [0.5, 0.6) is 0 Å². The van der Waals surface area contributed by atoms with Crippen molar-refractivity contribution < 1.29 is 8.42 Å². The largest absolute Gasteiger partial charge is 0.369 e. The van der Waals surface area contributed by atoms with Gasteiger partial charge in [-0.25, -0.2) is 13.1 Å². The standard InChI is InChI=1S/C15H25N3O2S/c1-11(2)17-21(19,20)15-7-5-4-6-13(15)18(3)14(10-16)12-8-9-12/h4-7,11-12,14,17H,8-10,16H2,1-3H3. The fourth-order valence-corrected chi connectivity index (χ4v) is 4.17. The van der Waals surface area contributed by atoms with Crippen molar-refractivity contribution in [1.82, 2.24) is 4.72 Å². The molecule has 1 aromatic rings. The molecule has 5 nitrogen and oxygen atoms in total. The van der Waals surface area contributed by atoms with Gasteiger partial charge in [0.05, 0.1) is 5.69 Å². The summed E-state index contributed by atoms with van der Waals surface area (Å²) in [6, 6.07) is 7.17. The molecule has 1 atom stereocenters. The molecule has 0 spiro atoms. The maximum Gasteiger partial charge on any atom is 0.242 e. The lowest BCUT2D eigenvalue weighted by Gasteiger charge is -2.31. The molecule has 0 aromatic heterocycles. The van der Waals surface area contributed by atoms with Gasteiger partial charge in [0.15, 0.2) is 0 Å². The quantitative estimate of drug-likeness (QED) is 0.801. The van der Waals surface area contributed by atoms with Crippen molar-refractivity contribution in [3.05, 3.63) is 24.3 Å². The fraction of sp³-hybridized carbons (Fsp3) is 0.600. The lowest BCUT2D eigenvalue weighted by atomic mass is 10.1. The topological polar surface area (TPSA) is 75.4 Å². The Balaban J connectivity index is 2.36. The van der Waals surface area contributed by atoms with Crippen LogP contribution in [0.3, 0.4) is 0 Å². The maximum atomic E-state index is 12.5. The van der Waals surface area contributed by atoms with Gasteiger partial charge in [-0.05, 0) is 44.7 Å². The van der Waals surface area contributed by atoms with E-state index in [9.17, 15) is 8.42 Å². The average molecular weight is 311 g/mol. The van der Waals surface area contributed by atoms with Crippen LogP contribution in [0.1, 0.15) is 26.7 Å². The van der Waals surface area contributed by atoms with Gasteiger partial charge < -0.3 is 10.6 Å². The van der Waals surface area contributed by atoms with Crippen molar-refractivity contribution >= 4 is 15.7 Å². The second-order valence-electron chi connectivity index (χ2n) is 6.00. The molecule has 0 aliphatic heterocycles. The van der Waals surface area contributed by atoms with E-state index < -0.39 is 10.0 Å². The molecule has 21 heavy (non-hydrogen) atoms. The first-order valence-electron chi connectivity index (χ1n) is 7.41. The van der Waals surface area contributed by atoms with Crippen LogP contribution in [-0.4, -0.2) is 34.1 Å². The molecule has 0 heterocycles. The van der Waals surface area contributed by atoms with Gasteiger partial charge in [0.2, 0.25) is 10.0 Å². The van der Waals surface area contributed by atoms with Crippen LogP contribution < -0.4 is 15.4 Å². The molecule has 118 valence electrons.